The zero-order valence-corrected chi connectivity index (χ0v) is 8.13. The van der Waals surface area contributed by atoms with Crippen LogP contribution in [0.4, 0.5) is 0 Å². The molecule has 0 atom stereocenters. The van der Waals surface area contributed by atoms with Gasteiger partial charge in [0, 0.05) is 20.2 Å². The van der Waals surface area contributed by atoms with Gasteiger partial charge in [-0.2, -0.15) is 5.21 Å². The van der Waals surface area contributed by atoms with Gasteiger partial charge in [0.25, 0.3) is 5.56 Å². The highest BCUT2D eigenvalue weighted by Gasteiger charge is 2.10. The molecule has 0 unspecified atom stereocenters. The van der Waals surface area contributed by atoms with Crippen molar-refractivity contribution in [2.24, 2.45) is 14.1 Å². The van der Waals surface area contributed by atoms with Gasteiger partial charge in [0.05, 0.1) is 5.69 Å². The smallest absolute Gasteiger partial charge is 0.293 e. The molecule has 0 aromatic carbocycles. The van der Waals surface area contributed by atoms with Crippen molar-refractivity contribution in [2.45, 2.75) is 0 Å². The van der Waals surface area contributed by atoms with Crippen molar-refractivity contribution in [3.8, 4) is 11.5 Å². The van der Waals surface area contributed by atoms with Crippen molar-refractivity contribution in [1.82, 2.24) is 29.8 Å². The zero-order valence-electron chi connectivity index (χ0n) is 8.13. The van der Waals surface area contributed by atoms with Crippen LogP contribution in [0.2, 0.25) is 0 Å². The third-order valence-electron chi connectivity index (χ3n) is 2.10. The highest BCUT2D eigenvalue weighted by molar-refractivity contribution is 5.46. The maximum absolute atomic E-state index is 11.5. The summed E-state index contributed by atoms with van der Waals surface area (Å²) >= 11 is 0. The molecule has 0 saturated heterocycles. The van der Waals surface area contributed by atoms with E-state index >= 15 is 0 Å². The lowest BCUT2D eigenvalue weighted by atomic mass is 10.4. The van der Waals surface area contributed by atoms with Crippen LogP contribution in [0.25, 0.3) is 11.5 Å². The van der Waals surface area contributed by atoms with E-state index in [4.69, 9.17) is 0 Å². The Labute approximate surface area is 83.2 Å². The van der Waals surface area contributed by atoms with Gasteiger partial charge in [0.15, 0.2) is 0 Å². The second-order valence-corrected chi connectivity index (χ2v) is 3.00. The molecular formula is C7H8N6O2. The summed E-state index contributed by atoms with van der Waals surface area (Å²) in [6, 6.07) is 1.28. The van der Waals surface area contributed by atoms with Gasteiger partial charge in [-0.1, -0.05) is 0 Å². The van der Waals surface area contributed by atoms with Crippen molar-refractivity contribution in [1.29, 1.82) is 0 Å². The third kappa shape index (κ3) is 1.35. The van der Waals surface area contributed by atoms with E-state index in [9.17, 15) is 9.59 Å². The van der Waals surface area contributed by atoms with Crippen molar-refractivity contribution in [3.63, 3.8) is 0 Å². The summed E-state index contributed by atoms with van der Waals surface area (Å²) in [5.74, 6) is 0.215. The second kappa shape index (κ2) is 3.15. The van der Waals surface area contributed by atoms with Crippen LogP contribution in [0.5, 0.6) is 0 Å². The van der Waals surface area contributed by atoms with Gasteiger partial charge >= 0.3 is 5.69 Å². The van der Waals surface area contributed by atoms with Gasteiger partial charge in [0.2, 0.25) is 5.82 Å². The Bertz CT molecular complexity index is 593. The van der Waals surface area contributed by atoms with Crippen LogP contribution >= 0.6 is 0 Å². The number of hydrogen-bond donors (Lipinski definition) is 1. The Balaban J connectivity index is 2.81. The SMILES string of the molecule is Cn1c(-c2nn[nH]n2)cc(=O)n(C)c1=O. The molecule has 0 spiro atoms. The molecular weight excluding hydrogens is 200 g/mol. The third-order valence-corrected chi connectivity index (χ3v) is 2.10. The summed E-state index contributed by atoms with van der Waals surface area (Å²) in [4.78, 5) is 22.9. The van der Waals surface area contributed by atoms with Crippen LogP contribution in [0.1, 0.15) is 0 Å². The molecule has 8 heteroatoms. The summed E-state index contributed by atoms with van der Waals surface area (Å²) in [7, 11) is 2.94. The molecule has 2 rings (SSSR count). The largest absolute Gasteiger partial charge is 0.331 e. The minimum Gasteiger partial charge on any atom is -0.293 e. The summed E-state index contributed by atoms with van der Waals surface area (Å²) in [6.07, 6.45) is 0. The number of hydrogen-bond acceptors (Lipinski definition) is 5. The van der Waals surface area contributed by atoms with Gasteiger partial charge in [-0.15, -0.1) is 10.2 Å². The molecule has 2 aromatic rings. The van der Waals surface area contributed by atoms with Crippen LogP contribution in [0.15, 0.2) is 15.7 Å². The van der Waals surface area contributed by atoms with Gasteiger partial charge in [-0.25, -0.2) is 4.79 Å². The van der Waals surface area contributed by atoms with Crippen LogP contribution in [-0.4, -0.2) is 29.8 Å². The molecule has 8 nitrogen and oxygen atoms in total. The fourth-order valence-corrected chi connectivity index (χ4v) is 1.22. The maximum Gasteiger partial charge on any atom is 0.331 e. The molecule has 0 bridgehead atoms. The zero-order chi connectivity index (χ0) is 11.0. The van der Waals surface area contributed by atoms with Gasteiger partial charge in [-0.3, -0.25) is 13.9 Å². The lowest BCUT2D eigenvalue weighted by molar-refractivity contribution is 0.689. The van der Waals surface area contributed by atoms with E-state index in [1.807, 2.05) is 0 Å². The average Bonchev–Trinajstić information content (AvgIpc) is 2.73. The number of rotatable bonds is 1. The number of tetrazole rings is 1. The number of aromatic amines is 1. The van der Waals surface area contributed by atoms with Crippen LogP contribution in [0.3, 0.4) is 0 Å². The Morgan fingerprint density at radius 3 is 2.60 bits per heavy atom. The lowest BCUT2D eigenvalue weighted by Gasteiger charge is -2.04. The van der Waals surface area contributed by atoms with E-state index in [0.29, 0.717) is 5.69 Å². The topological polar surface area (TPSA) is 98.5 Å². The first-order valence-corrected chi connectivity index (χ1v) is 4.12. The van der Waals surface area contributed by atoms with Crippen LogP contribution in [-0.2, 0) is 14.1 Å². The minimum absolute atomic E-state index is 0.215. The predicted molar refractivity (Wildman–Crippen MR) is 50.1 cm³/mol. The van der Waals surface area contributed by atoms with E-state index in [2.05, 4.69) is 20.6 Å². The molecule has 78 valence electrons. The number of H-pyrrole nitrogens is 1. The van der Waals surface area contributed by atoms with Gasteiger partial charge in [0.1, 0.15) is 0 Å². The summed E-state index contributed by atoms with van der Waals surface area (Å²) in [5.41, 5.74) is -0.503. The highest BCUT2D eigenvalue weighted by Crippen LogP contribution is 2.05. The molecule has 0 fully saturated rings. The first-order valence-electron chi connectivity index (χ1n) is 4.12. The Morgan fingerprint density at radius 1 is 1.27 bits per heavy atom. The van der Waals surface area contributed by atoms with Crippen LogP contribution in [0, 0.1) is 0 Å². The molecule has 0 saturated carbocycles. The fourth-order valence-electron chi connectivity index (χ4n) is 1.22. The van der Waals surface area contributed by atoms with Crippen molar-refractivity contribution in [3.05, 3.63) is 26.9 Å². The van der Waals surface area contributed by atoms with E-state index in [1.54, 1.807) is 0 Å². The lowest BCUT2D eigenvalue weighted by Crippen LogP contribution is -2.37. The first kappa shape index (κ1) is 9.31. The Hall–Kier alpha value is -2.25. The van der Waals surface area contributed by atoms with Crippen LogP contribution < -0.4 is 11.2 Å². The van der Waals surface area contributed by atoms with E-state index in [-0.39, 0.29) is 5.82 Å². The number of nitrogens with zero attached hydrogens (tertiary/aromatic N) is 5. The van der Waals surface area contributed by atoms with Gasteiger partial charge in [-0.05, 0) is 5.21 Å². The van der Waals surface area contributed by atoms with E-state index < -0.39 is 11.2 Å². The van der Waals surface area contributed by atoms with E-state index in [1.165, 1.54) is 24.7 Å². The van der Waals surface area contributed by atoms with Crippen molar-refractivity contribution in [2.75, 3.05) is 0 Å². The molecule has 2 heterocycles. The molecule has 1 N–H and O–H groups in total. The fraction of sp³-hybridized carbons (Fsp3) is 0.286. The normalized spacial score (nSPS) is 10.5. The Morgan fingerprint density at radius 2 is 2.00 bits per heavy atom. The summed E-state index contributed by atoms with van der Waals surface area (Å²) < 4.78 is 2.29. The molecule has 2 aromatic heterocycles. The average molecular weight is 208 g/mol. The quantitative estimate of drug-likeness (QED) is 0.600. The van der Waals surface area contributed by atoms with E-state index in [0.717, 1.165) is 4.57 Å². The summed E-state index contributed by atoms with van der Waals surface area (Å²) in [6.45, 7) is 0. The molecule has 15 heavy (non-hydrogen) atoms. The molecule has 0 radical (unpaired) electrons. The first-order chi connectivity index (χ1) is 7.11. The Kier molecular flexibility index (Phi) is 1.96. The molecule has 0 amide bonds. The highest BCUT2D eigenvalue weighted by atomic mass is 16.2. The predicted octanol–water partition coefficient (Wildman–Crippen LogP) is -1.74. The number of aromatic nitrogens is 6. The maximum atomic E-state index is 11.5. The van der Waals surface area contributed by atoms with Crippen molar-refractivity contribution >= 4 is 0 Å². The standard InChI is InChI=1S/C7H8N6O2/c1-12-4(6-8-10-11-9-6)3-5(14)13(2)7(12)15/h3H,1-2H3,(H,8,9,10,11). The molecule has 0 aliphatic carbocycles. The summed E-state index contributed by atoms with van der Waals surface area (Å²) in [5, 5.41) is 13.0. The minimum atomic E-state index is -0.428. The van der Waals surface area contributed by atoms with Crippen molar-refractivity contribution < 1.29 is 0 Å². The molecule has 0 aliphatic heterocycles. The molecule has 0 aliphatic rings. The monoisotopic (exact) mass is 208 g/mol. The second-order valence-electron chi connectivity index (χ2n) is 3.00. The number of nitrogens with one attached hydrogen (secondary N) is 1. The van der Waals surface area contributed by atoms with Gasteiger partial charge < -0.3 is 0 Å².